The molecule has 0 aliphatic carbocycles. The zero-order valence-electron chi connectivity index (χ0n) is 10.4. The molecule has 0 atom stereocenters. The molecule has 3 nitrogen and oxygen atoms in total. The van der Waals surface area contributed by atoms with Crippen LogP contribution in [0.15, 0.2) is 18.2 Å². The SMILES string of the molecule is CCC(C)(C)c1cccc2[nH]nc(NC)c12. The van der Waals surface area contributed by atoms with E-state index in [-0.39, 0.29) is 5.41 Å². The fraction of sp³-hybridized carbons (Fsp3) is 0.462. The van der Waals surface area contributed by atoms with Gasteiger partial charge in [-0.25, -0.2) is 0 Å². The highest BCUT2D eigenvalue weighted by atomic mass is 15.2. The van der Waals surface area contributed by atoms with Crippen LogP contribution in [0.1, 0.15) is 32.8 Å². The van der Waals surface area contributed by atoms with Gasteiger partial charge in [0.1, 0.15) is 0 Å². The number of nitrogens with zero attached hydrogens (tertiary/aromatic N) is 1. The van der Waals surface area contributed by atoms with Crippen molar-refractivity contribution in [1.82, 2.24) is 10.2 Å². The van der Waals surface area contributed by atoms with Gasteiger partial charge in [0.2, 0.25) is 0 Å². The summed E-state index contributed by atoms with van der Waals surface area (Å²) in [5, 5.41) is 11.7. The number of rotatable bonds is 3. The Hall–Kier alpha value is -1.51. The molecule has 0 unspecified atom stereocenters. The molecule has 86 valence electrons. The smallest absolute Gasteiger partial charge is 0.155 e. The number of hydrogen-bond donors (Lipinski definition) is 2. The van der Waals surface area contributed by atoms with Gasteiger partial charge in [0.15, 0.2) is 5.82 Å². The van der Waals surface area contributed by atoms with Crippen molar-refractivity contribution in [1.29, 1.82) is 0 Å². The molecule has 0 aliphatic heterocycles. The Kier molecular flexibility index (Phi) is 2.62. The Morgan fingerprint density at radius 3 is 2.75 bits per heavy atom. The van der Waals surface area contributed by atoms with Crippen LogP contribution in [0.2, 0.25) is 0 Å². The van der Waals surface area contributed by atoms with Crippen LogP contribution in [0, 0.1) is 0 Å². The zero-order valence-corrected chi connectivity index (χ0v) is 10.4. The average Bonchev–Trinajstić information content (AvgIpc) is 2.71. The Labute approximate surface area is 96.2 Å². The van der Waals surface area contributed by atoms with Gasteiger partial charge >= 0.3 is 0 Å². The molecule has 2 aromatic rings. The summed E-state index contributed by atoms with van der Waals surface area (Å²) < 4.78 is 0. The topological polar surface area (TPSA) is 40.7 Å². The van der Waals surface area contributed by atoms with E-state index in [4.69, 9.17) is 0 Å². The maximum atomic E-state index is 4.29. The van der Waals surface area contributed by atoms with E-state index in [1.54, 1.807) is 0 Å². The van der Waals surface area contributed by atoms with Gasteiger partial charge < -0.3 is 5.32 Å². The van der Waals surface area contributed by atoms with Crippen LogP contribution in [-0.4, -0.2) is 17.2 Å². The first-order valence-corrected chi connectivity index (χ1v) is 5.75. The first kappa shape index (κ1) is 11.0. The highest BCUT2D eigenvalue weighted by Gasteiger charge is 2.22. The van der Waals surface area contributed by atoms with Gasteiger partial charge in [-0.3, -0.25) is 5.10 Å². The minimum Gasteiger partial charge on any atom is -0.371 e. The standard InChI is InChI=1S/C13H19N3/c1-5-13(2,3)9-7-6-8-10-11(9)12(14-4)16-15-10/h6-8H,5H2,1-4H3,(H2,14,15,16). The minimum absolute atomic E-state index is 0.176. The van der Waals surface area contributed by atoms with Crippen molar-refractivity contribution in [2.75, 3.05) is 12.4 Å². The Bertz CT molecular complexity index is 497. The predicted octanol–water partition coefficient (Wildman–Crippen LogP) is 3.29. The average molecular weight is 217 g/mol. The number of aromatic nitrogens is 2. The molecule has 2 rings (SSSR count). The van der Waals surface area contributed by atoms with Gasteiger partial charge in [-0.05, 0) is 23.5 Å². The number of H-pyrrole nitrogens is 1. The summed E-state index contributed by atoms with van der Waals surface area (Å²) >= 11 is 0. The maximum Gasteiger partial charge on any atom is 0.155 e. The molecule has 3 heteroatoms. The van der Waals surface area contributed by atoms with Gasteiger partial charge in [0.25, 0.3) is 0 Å². The largest absolute Gasteiger partial charge is 0.371 e. The van der Waals surface area contributed by atoms with Crippen molar-refractivity contribution in [3.05, 3.63) is 23.8 Å². The van der Waals surface area contributed by atoms with Gasteiger partial charge in [-0.2, -0.15) is 5.10 Å². The summed E-state index contributed by atoms with van der Waals surface area (Å²) in [6.45, 7) is 6.76. The number of benzene rings is 1. The lowest BCUT2D eigenvalue weighted by Crippen LogP contribution is -2.16. The van der Waals surface area contributed by atoms with Crippen molar-refractivity contribution in [3.63, 3.8) is 0 Å². The number of fused-ring (bicyclic) bond motifs is 1. The summed E-state index contributed by atoms with van der Waals surface area (Å²) in [6.07, 6.45) is 1.11. The molecule has 1 aromatic heterocycles. The highest BCUT2D eigenvalue weighted by Crippen LogP contribution is 2.35. The van der Waals surface area contributed by atoms with Crippen LogP contribution < -0.4 is 5.32 Å². The zero-order chi connectivity index (χ0) is 11.8. The van der Waals surface area contributed by atoms with Gasteiger partial charge in [-0.15, -0.1) is 0 Å². The van der Waals surface area contributed by atoms with E-state index in [1.165, 1.54) is 10.9 Å². The lowest BCUT2D eigenvalue weighted by molar-refractivity contribution is 0.511. The van der Waals surface area contributed by atoms with Crippen molar-refractivity contribution >= 4 is 16.7 Å². The van der Waals surface area contributed by atoms with Crippen LogP contribution in [-0.2, 0) is 5.41 Å². The molecule has 0 spiro atoms. The van der Waals surface area contributed by atoms with E-state index < -0.39 is 0 Å². The van der Waals surface area contributed by atoms with Crippen LogP contribution in [0.25, 0.3) is 10.9 Å². The Morgan fingerprint density at radius 2 is 2.12 bits per heavy atom. The van der Waals surface area contributed by atoms with Gasteiger partial charge in [0, 0.05) is 12.4 Å². The van der Waals surface area contributed by atoms with E-state index in [0.29, 0.717) is 0 Å². The molecule has 0 amide bonds. The van der Waals surface area contributed by atoms with Crippen molar-refractivity contribution in [2.45, 2.75) is 32.6 Å². The van der Waals surface area contributed by atoms with E-state index >= 15 is 0 Å². The third-order valence-electron chi connectivity index (χ3n) is 3.44. The van der Waals surface area contributed by atoms with Gasteiger partial charge in [0.05, 0.1) is 5.52 Å². The summed E-state index contributed by atoms with van der Waals surface area (Å²) in [7, 11) is 1.91. The van der Waals surface area contributed by atoms with Gasteiger partial charge in [-0.1, -0.05) is 32.9 Å². The fourth-order valence-electron chi connectivity index (χ4n) is 2.01. The van der Waals surface area contributed by atoms with Crippen LogP contribution in [0.5, 0.6) is 0 Å². The molecule has 0 radical (unpaired) electrons. The summed E-state index contributed by atoms with van der Waals surface area (Å²) in [5.41, 5.74) is 2.63. The number of anilines is 1. The first-order chi connectivity index (χ1) is 7.60. The van der Waals surface area contributed by atoms with E-state index in [2.05, 4.69) is 54.5 Å². The highest BCUT2D eigenvalue weighted by molar-refractivity contribution is 5.93. The van der Waals surface area contributed by atoms with E-state index in [0.717, 1.165) is 17.8 Å². The molecule has 1 aromatic carbocycles. The second-order valence-electron chi connectivity index (χ2n) is 4.79. The fourth-order valence-corrected chi connectivity index (χ4v) is 2.01. The van der Waals surface area contributed by atoms with Crippen LogP contribution >= 0.6 is 0 Å². The monoisotopic (exact) mass is 217 g/mol. The quantitative estimate of drug-likeness (QED) is 0.828. The molecular weight excluding hydrogens is 198 g/mol. The Morgan fingerprint density at radius 1 is 1.38 bits per heavy atom. The molecule has 16 heavy (non-hydrogen) atoms. The minimum atomic E-state index is 0.176. The van der Waals surface area contributed by atoms with Crippen LogP contribution in [0.3, 0.4) is 0 Å². The molecule has 2 N–H and O–H groups in total. The molecular formula is C13H19N3. The third-order valence-corrected chi connectivity index (χ3v) is 3.44. The maximum absolute atomic E-state index is 4.29. The second kappa shape index (κ2) is 3.81. The molecule has 0 aliphatic rings. The number of aromatic amines is 1. The first-order valence-electron chi connectivity index (χ1n) is 5.75. The number of hydrogen-bond acceptors (Lipinski definition) is 2. The van der Waals surface area contributed by atoms with Crippen molar-refractivity contribution in [2.24, 2.45) is 0 Å². The van der Waals surface area contributed by atoms with Crippen LogP contribution in [0.4, 0.5) is 5.82 Å². The lowest BCUT2D eigenvalue weighted by Gasteiger charge is -2.24. The molecule has 1 heterocycles. The summed E-state index contributed by atoms with van der Waals surface area (Å²) in [6, 6.07) is 6.35. The van der Waals surface area contributed by atoms with Crippen molar-refractivity contribution < 1.29 is 0 Å². The van der Waals surface area contributed by atoms with E-state index in [1.807, 2.05) is 7.05 Å². The summed E-state index contributed by atoms with van der Waals surface area (Å²) in [5.74, 6) is 0.937. The molecule has 0 saturated heterocycles. The normalized spacial score (nSPS) is 12.0. The second-order valence-corrected chi connectivity index (χ2v) is 4.79. The van der Waals surface area contributed by atoms with Crippen molar-refractivity contribution in [3.8, 4) is 0 Å². The third kappa shape index (κ3) is 1.56. The molecule has 0 saturated carbocycles. The Balaban J connectivity index is 2.73. The molecule has 0 fully saturated rings. The number of nitrogens with one attached hydrogen (secondary N) is 2. The predicted molar refractivity (Wildman–Crippen MR) is 69.0 cm³/mol. The van der Waals surface area contributed by atoms with E-state index in [9.17, 15) is 0 Å². The summed E-state index contributed by atoms with van der Waals surface area (Å²) in [4.78, 5) is 0. The molecule has 0 bridgehead atoms. The lowest BCUT2D eigenvalue weighted by atomic mass is 9.80.